The van der Waals surface area contributed by atoms with Crippen molar-refractivity contribution in [2.45, 2.75) is 44.6 Å². The first-order valence-electron chi connectivity index (χ1n) is 6.71. The van der Waals surface area contributed by atoms with Crippen LogP contribution in [0.4, 0.5) is 0 Å². The summed E-state index contributed by atoms with van der Waals surface area (Å²) in [6.07, 6.45) is 6.52. The van der Waals surface area contributed by atoms with Crippen LogP contribution in [0.2, 0.25) is 0 Å². The van der Waals surface area contributed by atoms with Gasteiger partial charge in [-0.3, -0.25) is 4.79 Å². The maximum absolute atomic E-state index is 12.1. The molecule has 0 radical (unpaired) electrons. The molecule has 1 aliphatic carbocycles. The number of hydrogen-bond acceptors (Lipinski definition) is 3. The number of nitrogens with zero attached hydrogens (tertiary/aromatic N) is 1. The van der Waals surface area contributed by atoms with E-state index in [0.717, 1.165) is 38.8 Å². The molecule has 2 aliphatic rings. The van der Waals surface area contributed by atoms with Gasteiger partial charge in [0.2, 0.25) is 5.91 Å². The van der Waals surface area contributed by atoms with Gasteiger partial charge in [0.05, 0.1) is 6.10 Å². The molecule has 0 aromatic heterocycles. The van der Waals surface area contributed by atoms with Crippen molar-refractivity contribution in [3.63, 3.8) is 0 Å². The first-order chi connectivity index (χ1) is 8.15. The maximum Gasteiger partial charge on any atom is 0.223 e. The fraction of sp³-hybridized carbons (Fsp3) is 0.923. The number of amides is 1. The molecule has 0 aromatic carbocycles. The summed E-state index contributed by atoms with van der Waals surface area (Å²) in [6, 6.07) is 0. The van der Waals surface area contributed by atoms with Gasteiger partial charge in [0.25, 0.3) is 0 Å². The second-order valence-corrected chi connectivity index (χ2v) is 5.64. The fourth-order valence-electron chi connectivity index (χ4n) is 2.78. The second-order valence-electron chi connectivity index (χ2n) is 5.64. The molecule has 1 atom stereocenters. The largest absolute Gasteiger partial charge is 0.376 e. The molecule has 4 heteroatoms. The molecule has 2 rings (SSSR count). The summed E-state index contributed by atoms with van der Waals surface area (Å²) in [5.74, 6) is 0.227. The van der Waals surface area contributed by atoms with Crippen molar-refractivity contribution in [2.75, 3.05) is 26.7 Å². The van der Waals surface area contributed by atoms with Crippen molar-refractivity contribution in [2.24, 2.45) is 11.1 Å². The van der Waals surface area contributed by atoms with Crippen molar-refractivity contribution >= 4 is 5.91 Å². The van der Waals surface area contributed by atoms with Crippen LogP contribution >= 0.6 is 0 Å². The van der Waals surface area contributed by atoms with Gasteiger partial charge in [-0.15, -0.1) is 0 Å². The van der Waals surface area contributed by atoms with Crippen molar-refractivity contribution in [3.8, 4) is 0 Å². The van der Waals surface area contributed by atoms with Crippen molar-refractivity contribution in [1.29, 1.82) is 0 Å². The van der Waals surface area contributed by atoms with E-state index in [1.807, 2.05) is 11.9 Å². The molecule has 1 saturated heterocycles. The van der Waals surface area contributed by atoms with Gasteiger partial charge in [-0.1, -0.05) is 6.42 Å². The highest BCUT2D eigenvalue weighted by molar-refractivity contribution is 5.76. The van der Waals surface area contributed by atoms with Crippen LogP contribution < -0.4 is 5.73 Å². The number of carbonyl (C=O) groups excluding carboxylic acids is 1. The van der Waals surface area contributed by atoms with Gasteiger partial charge in [0.1, 0.15) is 0 Å². The van der Waals surface area contributed by atoms with Crippen LogP contribution in [0.25, 0.3) is 0 Å². The smallest absolute Gasteiger partial charge is 0.223 e. The zero-order chi connectivity index (χ0) is 12.3. The lowest BCUT2D eigenvalue weighted by molar-refractivity contribution is -0.135. The third-order valence-electron chi connectivity index (χ3n) is 4.30. The predicted molar refractivity (Wildman–Crippen MR) is 66.6 cm³/mol. The quantitative estimate of drug-likeness (QED) is 0.784. The normalized spacial score (nSPS) is 26.6. The Balaban J connectivity index is 1.78. The topological polar surface area (TPSA) is 55.6 Å². The summed E-state index contributed by atoms with van der Waals surface area (Å²) in [5, 5.41) is 0. The van der Waals surface area contributed by atoms with E-state index in [-0.39, 0.29) is 17.4 Å². The Kier molecular flexibility index (Phi) is 4.05. The minimum absolute atomic E-state index is 0.113. The lowest BCUT2D eigenvalue weighted by atomic mass is 9.66. The molecule has 17 heavy (non-hydrogen) atoms. The SMILES string of the molecule is CN(CC1CCCO1)C(=O)CC1(CN)CCC1. The molecule has 98 valence electrons. The third-order valence-corrected chi connectivity index (χ3v) is 4.30. The molecule has 0 aromatic rings. The van der Waals surface area contributed by atoms with E-state index in [1.54, 1.807) is 0 Å². The number of likely N-dealkylation sites (N-methyl/N-ethyl adjacent to an activating group) is 1. The Morgan fingerprint density at radius 1 is 1.47 bits per heavy atom. The Bertz CT molecular complexity index is 265. The van der Waals surface area contributed by atoms with Gasteiger partial charge in [-0.25, -0.2) is 0 Å². The summed E-state index contributed by atoms with van der Waals surface area (Å²) in [7, 11) is 1.88. The van der Waals surface area contributed by atoms with Crippen LogP contribution in [0.3, 0.4) is 0 Å². The highest BCUT2D eigenvalue weighted by Crippen LogP contribution is 2.43. The fourth-order valence-corrected chi connectivity index (χ4v) is 2.78. The van der Waals surface area contributed by atoms with Crippen molar-refractivity contribution in [3.05, 3.63) is 0 Å². The molecule has 1 heterocycles. The molecule has 2 fully saturated rings. The third kappa shape index (κ3) is 2.99. The minimum atomic E-state index is 0.113. The summed E-state index contributed by atoms with van der Waals surface area (Å²) >= 11 is 0. The first kappa shape index (κ1) is 12.8. The van der Waals surface area contributed by atoms with Crippen LogP contribution in [-0.2, 0) is 9.53 Å². The van der Waals surface area contributed by atoms with E-state index in [4.69, 9.17) is 10.5 Å². The first-order valence-corrected chi connectivity index (χ1v) is 6.71. The van der Waals surface area contributed by atoms with Crippen LogP contribution in [0.1, 0.15) is 38.5 Å². The van der Waals surface area contributed by atoms with E-state index in [2.05, 4.69) is 0 Å². The Morgan fingerprint density at radius 3 is 2.71 bits per heavy atom. The Hall–Kier alpha value is -0.610. The zero-order valence-electron chi connectivity index (χ0n) is 10.8. The molecular formula is C13H24N2O2. The van der Waals surface area contributed by atoms with Crippen LogP contribution in [0.5, 0.6) is 0 Å². The van der Waals surface area contributed by atoms with Gasteiger partial charge in [-0.05, 0) is 37.6 Å². The molecule has 4 nitrogen and oxygen atoms in total. The Labute approximate surface area is 103 Å². The standard InChI is InChI=1S/C13H24N2O2/c1-15(9-11-4-2-7-17-11)12(16)8-13(10-14)5-3-6-13/h11H,2-10,14H2,1H3. The number of nitrogens with two attached hydrogens (primary N) is 1. The molecule has 1 aliphatic heterocycles. The minimum Gasteiger partial charge on any atom is -0.376 e. The molecule has 0 spiro atoms. The van der Waals surface area contributed by atoms with Crippen LogP contribution in [0, 0.1) is 5.41 Å². The molecular weight excluding hydrogens is 216 g/mol. The number of ether oxygens (including phenoxy) is 1. The van der Waals surface area contributed by atoms with E-state index in [1.165, 1.54) is 6.42 Å². The zero-order valence-corrected chi connectivity index (χ0v) is 10.8. The van der Waals surface area contributed by atoms with Crippen molar-refractivity contribution < 1.29 is 9.53 Å². The Morgan fingerprint density at radius 2 is 2.24 bits per heavy atom. The van der Waals surface area contributed by atoms with Gasteiger partial charge >= 0.3 is 0 Å². The average Bonchev–Trinajstić information content (AvgIpc) is 2.75. The van der Waals surface area contributed by atoms with E-state index in [9.17, 15) is 4.79 Å². The van der Waals surface area contributed by atoms with Gasteiger partial charge in [0, 0.05) is 26.6 Å². The van der Waals surface area contributed by atoms with E-state index < -0.39 is 0 Å². The highest BCUT2D eigenvalue weighted by Gasteiger charge is 2.38. The summed E-state index contributed by atoms with van der Waals surface area (Å²) in [6.45, 7) is 2.23. The highest BCUT2D eigenvalue weighted by atomic mass is 16.5. The summed E-state index contributed by atoms with van der Waals surface area (Å²) < 4.78 is 5.55. The average molecular weight is 240 g/mol. The van der Waals surface area contributed by atoms with Crippen LogP contribution in [0.15, 0.2) is 0 Å². The number of rotatable bonds is 5. The summed E-state index contributed by atoms with van der Waals surface area (Å²) in [5.41, 5.74) is 5.90. The van der Waals surface area contributed by atoms with Crippen LogP contribution in [-0.4, -0.2) is 43.7 Å². The monoisotopic (exact) mass is 240 g/mol. The van der Waals surface area contributed by atoms with E-state index in [0.29, 0.717) is 13.0 Å². The molecule has 1 amide bonds. The number of carbonyl (C=O) groups is 1. The molecule has 2 N–H and O–H groups in total. The lowest BCUT2D eigenvalue weighted by Gasteiger charge is -2.41. The van der Waals surface area contributed by atoms with Crippen molar-refractivity contribution in [1.82, 2.24) is 4.90 Å². The summed E-state index contributed by atoms with van der Waals surface area (Å²) in [4.78, 5) is 13.9. The predicted octanol–water partition coefficient (Wildman–Crippen LogP) is 1.14. The van der Waals surface area contributed by atoms with Gasteiger partial charge in [0.15, 0.2) is 0 Å². The molecule has 0 bridgehead atoms. The molecule has 1 unspecified atom stereocenters. The lowest BCUT2D eigenvalue weighted by Crippen LogP contribution is -2.43. The van der Waals surface area contributed by atoms with Gasteiger partial charge < -0.3 is 15.4 Å². The maximum atomic E-state index is 12.1. The van der Waals surface area contributed by atoms with E-state index >= 15 is 0 Å². The molecule has 1 saturated carbocycles. The van der Waals surface area contributed by atoms with Gasteiger partial charge in [-0.2, -0.15) is 0 Å². The number of hydrogen-bond donors (Lipinski definition) is 1. The second kappa shape index (κ2) is 5.36.